The van der Waals surface area contributed by atoms with Crippen LogP contribution in [0.3, 0.4) is 0 Å². The summed E-state index contributed by atoms with van der Waals surface area (Å²) >= 11 is 1.06. The van der Waals surface area contributed by atoms with E-state index in [0.717, 1.165) is 29.5 Å². The van der Waals surface area contributed by atoms with Gasteiger partial charge in [-0.15, -0.1) is 0 Å². The molecular formula is C22H22F3N3O2S. The largest absolute Gasteiger partial charge is 0.416 e. The van der Waals surface area contributed by atoms with Crippen molar-refractivity contribution in [1.82, 2.24) is 4.90 Å². The summed E-state index contributed by atoms with van der Waals surface area (Å²) in [5, 5.41) is 2.33. The molecule has 5 nitrogen and oxygen atoms in total. The Morgan fingerprint density at radius 3 is 2.48 bits per heavy atom. The Kier molecular flexibility index (Phi) is 6.74. The highest BCUT2D eigenvalue weighted by atomic mass is 32.2. The van der Waals surface area contributed by atoms with E-state index in [4.69, 9.17) is 0 Å². The lowest BCUT2D eigenvalue weighted by atomic mass is 10.0. The zero-order chi connectivity index (χ0) is 22.8. The molecule has 2 aromatic carbocycles. The summed E-state index contributed by atoms with van der Waals surface area (Å²) in [6.45, 7) is 4.15. The van der Waals surface area contributed by atoms with Crippen molar-refractivity contribution in [3.63, 3.8) is 0 Å². The Hall–Kier alpha value is -2.81. The lowest BCUT2D eigenvalue weighted by Gasteiger charge is -2.10. The third-order valence-corrected chi connectivity index (χ3v) is 6.00. The van der Waals surface area contributed by atoms with Crippen LogP contribution in [-0.2, 0) is 15.8 Å². The predicted octanol–water partition coefficient (Wildman–Crippen LogP) is 5.42. The normalized spacial score (nSPS) is 18.2. The summed E-state index contributed by atoms with van der Waals surface area (Å²) in [4.78, 5) is 30.4. The van der Waals surface area contributed by atoms with Crippen LogP contribution in [0, 0.1) is 0 Å². The second kappa shape index (κ2) is 9.13. The molecule has 1 unspecified atom stereocenters. The average molecular weight is 449 g/mol. The molecule has 2 aromatic rings. The number of alkyl halides is 3. The number of thioether (sulfide) groups is 1. The van der Waals surface area contributed by atoms with Crippen LogP contribution in [0.2, 0.25) is 0 Å². The molecule has 9 heteroatoms. The Labute approximate surface area is 182 Å². The molecule has 0 saturated carbocycles. The molecule has 0 aliphatic carbocycles. The van der Waals surface area contributed by atoms with E-state index in [9.17, 15) is 22.8 Å². The van der Waals surface area contributed by atoms with Gasteiger partial charge in [0.1, 0.15) is 5.25 Å². The van der Waals surface area contributed by atoms with Gasteiger partial charge < -0.3 is 5.32 Å². The fraction of sp³-hybridized carbons (Fsp3) is 0.318. The number of hydrogen-bond donors (Lipinski definition) is 1. The Bertz CT molecular complexity index is 1000. The van der Waals surface area contributed by atoms with Crippen molar-refractivity contribution < 1.29 is 22.8 Å². The molecule has 1 fully saturated rings. The summed E-state index contributed by atoms with van der Waals surface area (Å²) in [6, 6.07) is 12.1. The van der Waals surface area contributed by atoms with Crippen molar-refractivity contribution in [2.24, 2.45) is 4.99 Å². The van der Waals surface area contributed by atoms with Gasteiger partial charge in [0, 0.05) is 19.2 Å². The van der Waals surface area contributed by atoms with Gasteiger partial charge in [0.15, 0.2) is 5.17 Å². The van der Waals surface area contributed by atoms with E-state index in [2.05, 4.69) is 24.2 Å². The lowest BCUT2D eigenvalue weighted by Crippen LogP contribution is -2.30. The monoisotopic (exact) mass is 449 g/mol. The smallest absolute Gasteiger partial charge is 0.326 e. The standard InChI is InChI=1S/C22H22F3N3O2S/c1-13(2)14-7-9-16(10-8-14)26-19(29)12-18-20(30)28(3)21(31-18)27-17-6-4-5-15(11-17)22(23,24)25/h4-11,13,18H,12H2,1-3H3,(H,26,29). The van der Waals surface area contributed by atoms with E-state index in [1.807, 2.05) is 24.3 Å². The minimum atomic E-state index is -4.48. The quantitative estimate of drug-likeness (QED) is 0.663. The number of carbonyl (C=O) groups excluding carboxylic acids is 2. The first kappa shape index (κ1) is 22.9. The van der Waals surface area contributed by atoms with E-state index < -0.39 is 17.0 Å². The fourth-order valence-electron chi connectivity index (χ4n) is 2.99. The number of nitrogens with zero attached hydrogens (tertiary/aromatic N) is 2. The average Bonchev–Trinajstić information content (AvgIpc) is 2.95. The van der Waals surface area contributed by atoms with Crippen LogP contribution in [0.15, 0.2) is 53.5 Å². The minimum absolute atomic E-state index is 0.0681. The maximum Gasteiger partial charge on any atom is 0.416 e. The van der Waals surface area contributed by atoms with Crippen LogP contribution in [0.25, 0.3) is 0 Å². The zero-order valence-electron chi connectivity index (χ0n) is 17.2. The molecule has 3 rings (SSSR count). The number of rotatable bonds is 5. The summed E-state index contributed by atoms with van der Waals surface area (Å²) < 4.78 is 38.7. The van der Waals surface area contributed by atoms with Gasteiger partial charge in [0.25, 0.3) is 0 Å². The number of hydrogen-bond acceptors (Lipinski definition) is 4. The molecule has 1 N–H and O–H groups in total. The van der Waals surface area contributed by atoms with Gasteiger partial charge in [0.05, 0.1) is 11.3 Å². The van der Waals surface area contributed by atoms with E-state index >= 15 is 0 Å². The van der Waals surface area contributed by atoms with Gasteiger partial charge in [-0.3, -0.25) is 14.5 Å². The first-order valence-corrected chi connectivity index (χ1v) is 10.5. The highest BCUT2D eigenvalue weighted by Gasteiger charge is 2.37. The molecule has 1 aliphatic rings. The number of benzene rings is 2. The third kappa shape index (κ3) is 5.66. The third-order valence-electron chi connectivity index (χ3n) is 4.77. The molecular weight excluding hydrogens is 427 g/mol. The van der Waals surface area contributed by atoms with E-state index in [0.29, 0.717) is 11.6 Å². The van der Waals surface area contributed by atoms with Crippen LogP contribution in [0.1, 0.15) is 37.3 Å². The summed E-state index contributed by atoms with van der Waals surface area (Å²) in [5.74, 6) is -0.264. The number of anilines is 1. The maximum atomic E-state index is 12.9. The van der Waals surface area contributed by atoms with Crippen molar-refractivity contribution in [3.05, 3.63) is 59.7 Å². The van der Waals surface area contributed by atoms with Crippen molar-refractivity contribution in [3.8, 4) is 0 Å². The van der Waals surface area contributed by atoms with Gasteiger partial charge in [-0.05, 0) is 41.8 Å². The molecule has 1 atom stereocenters. The van der Waals surface area contributed by atoms with Crippen molar-refractivity contribution >= 4 is 40.1 Å². The highest BCUT2D eigenvalue weighted by Crippen LogP contribution is 2.34. The minimum Gasteiger partial charge on any atom is -0.326 e. The number of aliphatic imine (C=N–C) groups is 1. The maximum absolute atomic E-state index is 12.9. The number of halogens is 3. The van der Waals surface area contributed by atoms with E-state index in [1.165, 1.54) is 24.1 Å². The molecule has 164 valence electrons. The zero-order valence-corrected chi connectivity index (χ0v) is 18.1. The molecule has 2 amide bonds. The van der Waals surface area contributed by atoms with Crippen molar-refractivity contribution in [2.45, 2.75) is 37.6 Å². The van der Waals surface area contributed by atoms with Gasteiger partial charge in [-0.25, -0.2) is 4.99 Å². The predicted molar refractivity (Wildman–Crippen MR) is 116 cm³/mol. The summed E-state index contributed by atoms with van der Waals surface area (Å²) in [5.41, 5.74) is 1.06. The van der Waals surface area contributed by atoms with Crippen LogP contribution < -0.4 is 5.32 Å². The molecule has 0 radical (unpaired) electrons. The van der Waals surface area contributed by atoms with Crippen LogP contribution in [-0.4, -0.2) is 34.2 Å². The van der Waals surface area contributed by atoms with Gasteiger partial charge >= 0.3 is 6.18 Å². The van der Waals surface area contributed by atoms with Gasteiger partial charge in [-0.2, -0.15) is 13.2 Å². The first-order valence-electron chi connectivity index (χ1n) is 9.64. The SMILES string of the molecule is CC(C)c1ccc(NC(=O)CC2SC(=Nc3cccc(C(F)(F)F)c3)N(C)C2=O)cc1. The Balaban J connectivity index is 1.67. The number of amides is 2. The highest BCUT2D eigenvalue weighted by molar-refractivity contribution is 8.15. The topological polar surface area (TPSA) is 61.8 Å². The molecule has 0 bridgehead atoms. The number of amidine groups is 1. The van der Waals surface area contributed by atoms with Gasteiger partial charge in [0.2, 0.25) is 11.8 Å². The lowest BCUT2D eigenvalue weighted by molar-refractivity contribution is -0.137. The molecule has 0 aromatic heterocycles. The van der Waals surface area contributed by atoms with E-state index in [-0.39, 0.29) is 29.1 Å². The van der Waals surface area contributed by atoms with E-state index in [1.54, 1.807) is 0 Å². The number of nitrogens with one attached hydrogen (secondary N) is 1. The molecule has 1 saturated heterocycles. The Morgan fingerprint density at radius 2 is 1.87 bits per heavy atom. The molecule has 1 aliphatic heterocycles. The van der Waals surface area contributed by atoms with Crippen LogP contribution >= 0.6 is 11.8 Å². The summed E-state index contributed by atoms with van der Waals surface area (Å²) in [7, 11) is 1.49. The van der Waals surface area contributed by atoms with Crippen LogP contribution in [0.4, 0.5) is 24.5 Å². The van der Waals surface area contributed by atoms with Gasteiger partial charge in [-0.1, -0.05) is 43.8 Å². The van der Waals surface area contributed by atoms with Crippen molar-refractivity contribution in [1.29, 1.82) is 0 Å². The fourth-order valence-corrected chi connectivity index (χ4v) is 4.15. The second-order valence-electron chi connectivity index (χ2n) is 7.48. The Morgan fingerprint density at radius 1 is 1.19 bits per heavy atom. The van der Waals surface area contributed by atoms with Crippen molar-refractivity contribution in [2.75, 3.05) is 12.4 Å². The summed E-state index contributed by atoms with van der Waals surface area (Å²) in [6.07, 6.45) is -4.55. The second-order valence-corrected chi connectivity index (χ2v) is 8.65. The number of carbonyl (C=O) groups is 2. The molecule has 31 heavy (non-hydrogen) atoms. The first-order chi connectivity index (χ1) is 14.5. The molecule has 0 spiro atoms. The van der Waals surface area contributed by atoms with Crippen LogP contribution in [0.5, 0.6) is 0 Å². The molecule has 1 heterocycles.